The minimum absolute atomic E-state index is 1.38. The van der Waals surface area contributed by atoms with Crippen molar-refractivity contribution in [2.24, 2.45) is 4.99 Å². The van der Waals surface area contributed by atoms with E-state index in [0.29, 0.717) is 0 Å². The largest absolute Gasteiger partial charge is 0.472 e. The van der Waals surface area contributed by atoms with Gasteiger partial charge in [0.05, 0.1) is 0 Å². The summed E-state index contributed by atoms with van der Waals surface area (Å²) in [6.45, 7) is 1.56. The van der Waals surface area contributed by atoms with Crippen LogP contribution in [0.15, 0.2) is 17.3 Å². The van der Waals surface area contributed by atoms with Gasteiger partial charge in [0.25, 0.3) is 0 Å². The Bertz CT molecular complexity index is 73.5. The van der Waals surface area contributed by atoms with Crippen LogP contribution in [0, 0.1) is 6.61 Å². The molecule has 0 spiro atoms. The molecule has 2 nitrogen and oxygen atoms in total. The van der Waals surface area contributed by atoms with E-state index >= 15 is 0 Å². The average molecular weight is 82.1 g/mol. The fraction of sp³-hybridized carbons (Fsp3) is 0. The zero-order valence-electron chi connectivity index (χ0n) is 3.16. The molecule has 0 aromatic rings. The topological polar surface area (TPSA) is 21.6 Å². The van der Waals surface area contributed by atoms with Gasteiger partial charge in [-0.1, -0.05) is 0 Å². The molecule has 0 aliphatic carbocycles. The van der Waals surface area contributed by atoms with Gasteiger partial charge in [-0.05, 0) is 6.08 Å². The van der Waals surface area contributed by atoms with Crippen molar-refractivity contribution >= 4 is 6.40 Å². The first kappa shape index (κ1) is 3.40. The number of rotatable bonds is 0. The fourth-order valence-electron chi connectivity index (χ4n) is 0.236. The Hall–Kier alpha value is -0.790. The molecular formula is C4H4NO. The minimum Gasteiger partial charge on any atom is -0.472 e. The lowest BCUT2D eigenvalue weighted by Crippen LogP contribution is -1.82. The van der Waals surface area contributed by atoms with Crippen molar-refractivity contribution in [2.75, 3.05) is 0 Å². The highest BCUT2D eigenvalue weighted by Gasteiger charge is 1.78. The molecule has 0 saturated carbocycles. The number of aliphatic imine (C=N–C) groups is 1. The van der Waals surface area contributed by atoms with E-state index in [9.17, 15) is 0 Å². The summed E-state index contributed by atoms with van der Waals surface area (Å²) in [7, 11) is 0. The van der Waals surface area contributed by atoms with Gasteiger partial charge in [-0.15, -0.1) is 0 Å². The SMILES string of the molecule is [CH]1C=CN=CO1. The summed E-state index contributed by atoms with van der Waals surface area (Å²) in [5, 5.41) is 0. The monoisotopic (exact) mass is 82.0 g/mol. The van der Waals surface area contributed by atoms with Crippen LogP contribution < -0.4 is 0 Å². The predicted molar refractivity (Wildman–Crippen MR) is 23.0 cm³/mol. The van der Waals surface area contributed by atoms with Crippen LogP contribution in [0.2, 0.25) is 0 Å². The summed E-state index contributed by atoms with van der Waals surface area (Å²) in [4.78, 5) is 3.62. The highest BCUT2D eigenvalue weighted by atomic mass is 16.5. The summed E-state index contributed by atoms with van der Waals surface area (Å²) in [6.07, 6.45) is 4.75. The first-order valence-electron chi connectivity index (χ1n) is 1.65. The fourth-order valence-corrected chi connectivity index (χ4v) is 0.236. The lowest BCUT2D eigenvalue weighted by atomic mass is 10.6. The molecule has 0 aromatic heterocycles. The van der Waals surface area contributed by atoms with Crippen molar-refractivity contribution < 1.29 is 4.74 Å². The first-order valence-corrected chi connectivity index (χ1v) is 1.65. The number of hydrogen-bond acceptors (Lipinski definition) is 2. The number of nitrogens with zero attached hydrogens (tertiary/aromatic N) is 1. The highest BCUT2D eigenvalue weighted by Crippen LogP contribution is 1.87. The smallest absolute Gasteiger partial charge is 0.175 e. The van der Waals surface area contributed by atoms with E-state index in [4.69, 9.17) is 0 Å². The molecule has 2 heteroatoms. The molecule has 0 saturated heterocycles. The molecule has 0 bridgehead atoms. The summed E-state index contributed by atoms with van der Waals surface area (Å²) < 4.78 is 4.57. The Morgan fingerprint density at radius 3 is 2.67 bits per heavy atom. The standard InChI is InChI=1S/C4H4NO/c1-2-5-4-6-3-1/h1-4H. The van der Waals surface area contributed by atoms with E-state index in [1.807, 2.05) is 0 Å². The molecule has 1 heterocycles. The number of ether oxygens (including phenoxy) is 1. The van der Waals surface area contributed by atoms with Crippen LogP contribution in [0.1, 0.15) is 0 Å². The van der Waals surface area contributed by atoms with Gasteiger partial charge < -0.3 is 4.74 Å². The zero-order chi connectivity index (χ0) is 4.24. The van der Waals surface area contributed by atoms with E-state index in [-0.39, 0.29) is 0 Å². The normalized spacial score (nSPS) is 17.3. The van der Waals surface area contributed by atoms with Gasteiger partial charge in [0, 0.05) is 6.20 Å². The van der Waals surface area contributed by atoms with Gasteiger partial charge in [0.15, 0.2) is 13.0 Å². The van der Waals surface area contributed by atoms with Gasteiger partial charge in [-0.3, -0.25) is 0 Å². The van der Waals surface area contributed by atoms with E-state index < -0.39 is 0 Å². The quantitative estimate of drug-likeness (QED) is 0.422. The van der Waals surface area contributed by atoms with Gasteiger partial charge in [-0.25, -0.2) is 4.99 Å². The maximum Gasteiger partial charge on any atom is 0.175 e. The molecular weight excluding hydrogens is 78.0 g/mol. The van der Waals surface area contributed by atoms with Gasteiger partial charge in [-0.2, -0.15) is 0 Å². The van der Waals surface area contributed by atoms with Gasteiger partial charge >= 0.3 is 0 Å². The third kappa shape index (κ3) is 0.578. The van der Waals surface area contributed by atoms with Crippen LogP contribution in [0.25, 0.3) is 0 Å². The maximum absolute atomic E-state index is 4.57. The van der Waals surface area contributed by atoms with Gasteiger partial charge in [0.1, 0.15) is 0 Å². The molecule has 1 aliphatic rings. The van der Waals surface area contributed by atoms with Crippen LogP contribution in [0.3, 0.4) is 0 Å². The van der Waals surface area contributed by atoms with Crippen molar-refractivity contribution in [2.45, 2.75) is 0 Å². The maximum atomic E-state index is 4.57. The van der Waals surface area contributed by atoms with Crippen LogP contribution >= 0.6 is 0 Å². The molecule has 0 unspecified atom stereocenters. The molecule has 0 fully saturated rings. The summed E-state index contributed by atoms with van der Waals surface area (Å²) in [5.74, 6) is 0. The summed E-state index contributed by atoms with van der Waals surface area (Å²) in [5.41, 5.74) is 0. The van der Waals surface area contributed by atoms with Gasteiger partial charge in [0.2, 0.25) is 0 Å². The van der Waals surface area contributed by atoms with Crippen molar-refractivity contribution in [3.8, 4) is 0 Å². The molecule has 1 aliphatic heterocycles. The average Bonchev–Trinajstić information content (AvgIpc) is 1.72. The third-order valence-corrected chi connectivity index (χ3v) is 0.451. The Morgan fingerprint density at radius 1 is 1.50 bits per heavy atom. The van der Waals surface area contributed by atoms with E-state index in [1.54, 1.807) is 18.9 Å². The summed E-state index contributed by atoms with van der Waals surface area (Å²) in [6, 6.07) is 0. The summed E-state index contributed by atoms with van der Waals surface area (Å²) >= 11 is 0. The molecule has 0 aromatic carbocycles. The van der Waals surface area contributed by atoms with E-state index in [1.165, 1.54) is 6.40 Å². The lowest BCUT2D eigenvalue weighted by Gasteiger charge is -1.92. The molecule has 1 rings (SSSR count). The molecule has 0 amide bonds. The first-order chi connectivity index (χ1) is 3.00. The zero-order valence-corrected chi connectivity index (χ0v) is 3.16. The van der Waals surface area contributed by atoms with Crippen LogP contribution in [0.5, 0.6) is 0 Å². The second-order valence-corrected chi connectivity index (χ2v) is 0.868. The Kier molecular flexibility index (Phi) is 0.906. The molecule has 0 atom stereocenters. The van der Waals surface area contributed by atoms with E-state index in [0.717, 1.165) is 0 Å². The highest BCUT2D eigenvalue weighted by molar-refractivity contribution is 5.49. The van der Waals surface area contributed by atoms with Crippen molar-refractivity contribution in [3.05, 3.63) is 18.9 Å². The molecule has 31 valence electrons. The predicted octanol–water partition coefficient (Wildman–Crippen LogP) is 0.720. The third-order valence-electron chi connectivity index (χ3n) is 0.451. The van der Waals surface area contributed by atoms with Crippen LogP contribution in [-0.2, 0) is 4.74 Å². The molecule has 1 radical (unpaired) electrons. The molecule has 6 heavy (non-hydrogen) atoms. The van der Waals surface area contributed by atoms with E-state index in [2.05, 4.69) is 9.73 Å². The Balaban J connectivity index is 2.46. The van der Waals surface area contributed by atoms with Crippen LogP contribution in [-0.4, -0.2) is 6.40 Å². The van der Waals surface area contributed by atoms with Crippen LogP contribution in [0.4, 0.5) is 0 Å². The Morgan fingerprint density at radius 2 is 2.50 bits per heavy atom. The van der Waals surface area contributed by atoms with Crippen molar-refractivity contribution in [1.29, 1.82) is 0 Å². The number of hydrogen-bond donors (Lipinski definition) is 0. The minimum atomic E-state index is 1.38. The Labute approximate surface area is 36.1 Å². The van der Waals surface area contributed by atoms with Crippen molar-refractivity contribution in [3.63, 3.8) is 0 Å². The second-order valence-electron chi connectivity index (χ2n) is 0.868. The van der Waals surface area contributed by atoms with Crippen molar-refractivity contribution in [1.82, 2.24) is 0 Å². The second kappa shape index (κ2) is 1.60. The molecule has 0 N–H and O–H groups in total. The lowest BCUT2D eigenvalue weighted by molar-refractivity contribution is 0.438.